The molecule has 0 heteroatoms. The van der Waals surface area contributed by atoms with Crippen molar-refractivity contribution in [1.29, 1.82) is 0 Å². The zero-order chi connectivity index (χ0) is 26.5. The van der Waals surface area contributed by atoms with E-state index in [4.69, 9.17) is 0 Å². The Hall–Kier alpha value is -3.64. The third-order valence-corrected chi connectivity index (χ3v) is 10.1. The van der Waals surface area contributed by atoms with Crippen LogP contribution in [0.5, 0.6) is 0 Å². The summed E-state index contributed by atoms with van der Waals surface area (Å²) >= 11 is 0. The highest BCUT2D eigenvalue weighted by atomic mass is 14.4. The summed E-state index contributed by atoms with van der Waals surface area (Å²) in [4.78, 5) is 0. The van der Waals surface area contributed by atoms with Gasteiger partial charge in [0, 0.05) is 0 Å². The van der Waals surface area contributed by atoms with Gasteiger partial charge in [0.05, 0.1) is 0 Å². The molecule has 40 heavy (non-hydrogen) atoms. The highest BCUT2D eigenvalue weighted by Gasteiger charge is 2.35. The summed E-state index contributed by atoms with van der Waals surface area (Å²) in [6.07, 6.45) is 42.8. The third kappa shape index (κ3) is 3.95. The topological polar surface area (TPSA) is 0 Å². The Morgan fingerprint density at radius 3 is 2.17 bits per heavy atom. The fraction of sp³-hybridized carbons (Fsp3) is 0.300. The minimum Gasteiger partial charge on any atom is -0.0842 e. The fourth-order valence-corrected chi connectivity index (χ4v) is 8.19. The van der Waals surface area contributed by atoms with Gasteiger partial charge in [-0.1, -0.05) is 91.1 Å². The van der Waals surface area contributed by atoms with Crippen LogP contribution in [0.2, 0.25) is 0 Å². The van der Waals surface area contributed by atoms with Crippen LogP contribution < -0.4 is 10.4 Å². The van der Waals surface area contributed by atoms with Crippen LogP contribution in [0, 0.1) is 5.92 Å². The van der Waals surface area contributed by atoms with Gasteiger partial charge in [-0.05, 0) is 148 Å². The van der Waals surface area contributed by atoms with Crippen molar-refractivity contribution in [2.75, 3.05) is 0 Å². The van der Waals surface area contributed by atoms with Crippen LogP contribution in [0.1, 0.15) is 86.8 Å². The van der Waals surface area contributed by atoms with Crippen molar-refractivity contribution in [2.45, 2.75) is 70.1 Å². The highest BCUT2D eigenvalue weighted by molar-refractivity contribution is 6.02. The van der Waals surface area contributed by atoms with Crippen LogP contribution in [-0.4, -0.2) is 0 Å². The van der Waals surface area contributed by atoms with Crippen LogP contribution in [0.15, 0.2) is 102 Å². The molecule has 0 bridgehead atoms. The van der Waals surface area contributed by atoms with Crippen molar-refractivity contribution in [3.8, 4) is 0 Å². The molecule has 198 valence electrons. The first kappa shape index (κ1) is 24.2. The summed E-state index contributed by atoms with van der Waals surface area (Å²) in [6.45, 7) is 0. The van der Waals surface area contributed by atoms with E-state index in [1.54, 1.807) is 32.9 Å². The monoisotopic (exact) mass is 518 g/mol. The Morgan fingerprint density at radius 1 is 0.650 bits per heavy atom. The Bertz CT molecular complexity index is 1790. The molecule has 2 atom stereocenters. The molecule has 0 amide bonds. The molecule has 0 N–H and O–H groups in total. The first-order valence-corrected chi connectivity index (χ1v) is 15.7. The van der Waals surface area contributed by atoms with E-state index in [2.05, 4.69) is 97.2 Å². The van der Waals surface area contributed by atoms with Gasteiger partial charge in [-0.2, -0.15) is 0 Å². The van der Waals surface area contributed by atoms with E-state index >= 15 is 0 Å². The lowest BCUT2D eigenvalue weighted by atomic mass is 9.65. The second-order valence-electron chi connectivity index (χ2n) is 12.3. The lowest BCUT2D eigenvalue weighted by molar-refractivity contribution is 0.493. The molecule has 2 aromatic carbocycles. The normalized spacial score (nSPS) is 24.9. The van der Waals surface area contributed by atoms with Gasteiger partial charge in [0.2, 0.25) is 0 Å². The van der Waals surface area contributed by atoms with Gasteiger partial charge in [0.1, 0.15) is 0 Å². The first-order valence-electron chi connectivity index (χ1n) is 15.7. The van der Waals surface area contributed by atoms with Crippen molar-refractivity contribution in [1.82, 2.24) is 0 Å². The van der Waals surface area contributed by atoms with Gasteiger partial charge >= 0.3 is 0 Å². The van der Waals surface area contributed by atoms with Gasteiger partial charge in [-0.25, -0.2) is 0 Å². The molecule has 0 nitrogen and oxygen atoms in total. The van der Waals surface area contributed by atoms with E-state index < -0.39 is 0 Å². The average Bonchev–Trinajstić information content (AvgIpc) is 3.04. The summed E-state index contributed by atoms with van der Waals surface area (Å²) in [6, 6.07) is 7.53. The van der Waals surface area contributed by atoms with E-state index in [1.165, 1.54) is 52.1 Å². The standard InChI is InChI=1S/C40H38/c1-5-13-27(14-6-1)35-25-36(28-15-7-2-8-16-28)32-23-24-34-38(30-19-11-4-12-20-30)26-37(29-17-9-3-10-18-29)33-22-21-31(35)39(32)40(33)34/h1,4-5,7,9,11,13,15-19,21-22,24,26,32,36H,2-3,6,8,10,12,14,20,23,25H2. The predicted molar refractivity (Wildman–Crippen MR) is 172 cm³/mol. The minimum absolute atomic E-state index is 0.544. The summed E-state index contributed by atoms with van der Waals surface area (Å²) in [7, 11) is 0. The Balaban J connectivity index is 1.47. The molecule has 0 saturated carbocycles. The van der Waals surface area contributed by atoms with Gasteiger partial charge < -0.3 is 0 Å². The molecule has 2 unspecified atom stereocenters. The zero-order valence-electron chi connectivity index (χ0n) is 23.5. The molecule has 0 spiro atoms. The van der Waals surface area contributed by atoms with E-state index in [-0.39, 0.29) is 0 Å². The van der Waals surface area contributed by atoms with Crippen LogP contribution in [0.25, 0.3) is 33.6 Å². The molecule has 0 fully saturated rings. The molecule has 0 radical (unpaired) electrons. The van der Waals surface area contributed by atoms with Crippen molar-refractivity contribution in [2.24, 2.45) is 5.92 Å². The largest absolute Gasteiger partial charge is 0.0842 e. The van der Waals surface area contributed by atoms with Crippen molar-refractivity contribution in [3.05, 3.63) is 129 Å². The van der Waals surface area contributed by atoms with Crippen LogP contribution in [0.3, 0.4) is 0 Å². The van der Waals surface area contributed by atoms with Crippen molar-refractivity contribution in [3.63, 3.8) is 0 Å². The van der Waals surface area contributed by atoms with E-state index in [0.717, 1.165) is 44.9 Å². The van der Waals surface area contributed by atoms with E-state index in [9.17, 15) is 0 Å². The number of rotatable bonds is 4. The molecule has 0 aliphatic heterocycles. The Kier molecular flexibility index (Phi) is 6.09. The van der Waals surface area contributed by atoms with Crippen molar-refractivity contribution >= 4 is 33.6 Å². The van der Waals surface area contributed by atoms with E-state index in [0.29, 0.717) is 11.8 Å². The minimum atomic E-state index is 0.544. The summed E-state index contributed by atoms with van der Waals surface area (Å²) < 4.78 is 0. The van der Waals surface area contributed by atoms with Gasteiger partial charge in [0.15, 0.2) is 0 Å². The van der Waals surface area contributed by atoms with E-state index in [1.807, 2.05) is 0 Å². The average molecular weight is 519 g/mol. The molecule has 6 aliphatic carbocycles. The second kappa shape index (κ2) is 10.1. The lowest BCUT2D eigenvalue weighted by Gasteiger charge is -2.38. The maximum atomic E-state index is 2.63. The molecule has 2 aromatic rings. The van der Waals surface area contributed by atoms with Gasteiger partial charge in [0.25, 0.3) is 0 Å². The van der Waals surface area contributed by atoms with Crippen molar-refractivity contribution < 1.29 is 0 Å². The molecule has 0 saturated heterocycles. The highest BCUT2D eigenvalue weighted by Crippen LogP contribution is 2.47. The smallest absolute Gasteiger partial charge is 0.00427 e. The van der Waals surface area contributed by atoms with Gasteiger partial charge in [-0.15, -0.1) is 0 Å². The quantitative estimate of drug-likeness (QED) is 0.378. The van der Waals surface area contributed by atoms with Crippen LogP contribution in [-0.2, 0) is 0 Å². The summed E-state index contributed by atoms with van der Waals surface area (Å²) in [5, 5.41) is 6.04. The Labute approximate surface area is 238 Å². The predicted octanol–water partition coefficient (Wildman–Crippen LogP) is 9.30. The first-order chi connectivity index (χ1) is 19.9. The lowest BCUT2D eigenvalue weighted by Crippen LogP contribution is -2.34. The molecule has 0 aromatic heterocycles. The number of benzene rings is 2. The maximum absolute atomic E-state index is 2.63. The molecule has 8 rings (SSSR count). The SMILES string of the molecule is C1=CCCC(C2=c3ccc4c(C5=CCCC=C5)cc(C5=CC=CCC5)c5c4c3C(CC=5)C(C3=CCCC=C3)C2)=C1. The molecule has 6 aliphatic rings. The van der Waals surface area contributed by atoms with Crippen LogP contribution in [0.4, 0.5) is 0 Å². The fourth-order valence-electron chi connectivity index (χ4n) is 8.19. The molecule has 0 heterocycles. The number of hydrogen-bond donors (Lipinski definition) is 0. The van der Waals surface area contributed by atoms with Crippen LogP contribution >= 0.6 is 0 Å². The summed E-state index contributed by atoms with van der Waals surface area (Å²) in [5.41, 5.74) is 12.2. The molecular formula is C40H38. The third-order valence-electron chi connectivity index (χ3n) is 10.1. The number of allylic oxidation sites excluding steroid dienone is 16. The zero-order valence-corrected chi connectivity index (χ0v) is 23.5. The second-order valence-corrected chi connectivity index (χ2v) is 12.3. The number of hydrogen-bond acceptors (Lipinski definition) is 0. The molecular weight excluding hydrogens is 480 g/mol. The summed E-state index contributed by atoms with van der Waals surface area (Å²) in [5.74, 6) is 1.10. The Morgan fingerprint density at radius 2 is 1.45 bits per heavy atom. The van der Waals surface area contributed by atoms with Gasteiger partial charge in [-0.3, -0.25) is 0 Å². The maximum Gasteiger partial charge on any atom is -0.00427 e.